The molecule has 35 heavy (non-hydrogen) atoms. The SMILES string of the molecule is O=C(COC(CNCC(F)(F)F)OC(=O)C12CC3CC(CC(C3)C1)C2)C12CC3CC(CC(C3)C1)C2. The van der Waals surface area contributed by atoms with Gasteiger partial charge in [-0.25, -0.2) is 0 Å². The Morgan fingerprint density at radius 1 is 0.771 bits per heavy atom. The summed E-state index contributed by atoms with van der Waals surface area (Å²) in [5, 5.41) is 2.33. The number of rotatable bonds is 9. The summed E-state index contributed by atoms with van der Waals surface area (Å²) >= 11 is 0. The highest BCUT2D eigenvalue weighted by Crippen LogP contribution is 2.61. The number of nitrogens with one attached hydrogen (secondary N) is 1. The minimum atomic E-state index is -4.37. The molecule has 0 aromatic heterocycles. The summed E-state index contributed by atoms with van der Waals surface area (Å²) in [4.78, 5) is 26.8. The fourth-order valence-electron chi connectivity index (χ4n) is 9.85. The van der Waals surface area contributed by atoms with Crippen molar-refractivity contribution < 1.29 is 32.2 Å². The van der Waals surface area contributed by atoms with Crippen molar-refractivity contribution in [2.24, 2.45) is 46.3 Å². The van der Waals surface area contributed by atoms with Crippen LogP contribution >= 0.6 is 0 Å². The van der Waals surface area contributed by atoms with Crippen LogP contribution in [0.4, 0.5) is 13.2 Å². The van der Waals surface area contributed by atoms with Crippen LogP contribution in [-0.4, -0.2) is 43.9 Å². The van der Waals surface area contributed by atoms with E-state index in [-0.39, 0.29) is 30.3 Å². The summed E-state index contributed by atoms with van der Waals surface area (Å²) in [5.41, 5.74) is -0.868. The number of hydrogen-bond donors (Lipinski definition) is 1. The summed E-state index contributed by atoms with van der Waals surface area (Å²) in [6.45, 7) is -1.66. The highest BCUT2D eigenvalue weighted by atomic mass is 19.4. The second-order valence-corrected chi connectivity index (χ2v) is 13.2. The van der Waals surface area contributed by atoms with Gasteiger partial charge in [0.1, 0.15) is 6.61 Å². The molecule has 0 aromatic carbocycles. The standard InChI is InChI=1S/C27H38F3NO4/c28-27(29,30)15-31-13-23(35-24(33)26-10-19-4-20(11-26)6-21(5-19)12-26)34-14-22(32)25-7-16-1-17(8-25)3-18(2-16)9-25/h16-21,23,31H,1-15H2. The van der Waals surface area contributed by atoms with Gasteiger partial charge in [-0.05, 0) is 113 Å². The summed E-state index contributed by atoms with van der Waals surface area (Å²) in [6, 6.07) is 0. The fraction of sp³-hybridized carbons (Fsp3) is 0.926. The molecule has 0 heterocycles. The minimum Gasteiger partial charge on any atom is -0.434 e. The van der Waals surface area contributed by atoms with Crippen molar-refractivity contribution in [3.8, 4) is 0 Å². The Kier molecular flexibility index (Phi) is 6.02. The van der Waals surface area contributed by atoms with Crippen molar-refractivity contribution >= 4 is 11.8 Å². The molecule has 5 nitrogen and oxygen atoms in total. The fourth-order valence-corrected chi connectivity index (χ4v) is 9.85. The molecular formula is C27H38F3NO4. The topological polar surface area (TPSA) is 64.6 Å². The zero-order valence-electron chi connectivity index (χ0n) is 20.4. The Balaban J connectivity index is 1.10. The van der Waals surface area contributed by atoms with E-state index < -0.39 is 24.4 Å². The second kappa shape index (κ2) is 8.71. The van der Waals surface area contributed by atoms with Crippen LogP contribution in [-0.2, 0) is 19.1 Å². The molecule has 0 spiro atoms. The van der Waals surface area contributed by atoms with E-state index in [1.807, 2.05) is 0 Å². The van der Waals surface area contributed by atoms with Gasteiger partial charge in [-0.15, -0.1) is 0 Å². The smallest absolute Gasteiger partial charge is 0.401 e. The van der Waals surface area contributed by atoms with Gasteiger partial charge < -0.3 is 14.8 Å². The molecule has 8 heteroatoms. The maximum atomic E-state index is 13.4. The van der Waals surface area contributed by atoms with E-state index in [2.05, 4.69) is 5.32 Å². The Hall–Kier alpha value is -1.15. The maximum absolute atomic E-state index is 13.4. The van der Waals surface area contributed by atoms with Crippen LogP contribution in [0, 0.1) is 46.3 Å². The van der Waals surface area contributed by atoms with Crippen molar-refractivity contribution in [1.29, 1.82) is 0 Å². The third kappa shape index (κ3) is 4.78. The van der Waals surface area contributed by atoms with E-state index in [1.54, 1.807) is 0 Å². The van der Waals surface area contributed by atoms with Crippen LogP contribution in [0.2, 0.25) is 0 Å². The second-order valence-electron chi connectivity index (χ2n) is 13.2. The molecule has 1 N–H and O–H groups in total. The number of alkyl halides is 3. The van der Waals surface area contributed by atoms with Crippen molar-refractivity contribution in [2.45, 2.75) is 89.5 Å². The number of esters is 1. The van der Waals surface area contributed by atoms with Gasteiger partial charge in [0.05, 0.1) is 18.5 Å². The van der Waals surface area contributed by atoms with Crippen molar-refractivity contribution in [2.75, 3.05) is 19.7 Å². The number of carbonyl (C=O) groups is 2. The zero-order valence-corrected chi connectivity index (χ0v) is 20.4. The average molecular weight is 498 g/mol. The summed E-state index contributed by atoms with van der Waals surface area (Å²) < 4.78 is 49.8. The molecule has 1 unspecified atom stereocenters. The summed E-state index contributed by atoms with van der Waals surface area (Å²) in [7, 11) is 0. The van der Waals surface area contributed by atoms with Crippen LogP contribution in [0.1, 0.15) is 77.0 Å². The summed E-state index contributed by atoms with van der Waals surface area (Å²) in [6.07, 6.45) is 6.81. The number of carbonyl (C=O) groups excluding carboxylic acids is 2. The number of halogens is 3. The molecule has 0 amide bonds. The van der Waals surface area contributed by atoms with Crippen molar-refractivity contribution in [3.63, 3.8) is 0 Å². The molecule has 0 radical (unpaired) electrons. The predicted octanol–water partition coefficient (Wildman–Crippen LogP) is 5.03. The van der Waals surface area contributed by atoms with Gasteiger partial charge in [0.15, 0.2) is 5.78 Å². The van der Waals surface area contributed by atoms with Crippen LogP contribution in [0.25, 0.3) is 0 Å². The Morgan fingerprint density at radius 3 is 1.63 bits per heavy atom. The lowest BCUT2D eigenvalue weighted by Gasteiger charge is -2.56. The molecule has 0 aromatic rings. The van der Waals surface area contributed by atoms with E-state index in [1.165, 1.54) is 38.5 Å². The van der Waals surface area contributed by atoms with Crippen molar-refractivity contribution in [1.82, 2.24) is 5.32 Å². The lowest BCUT2D eigenvalue weighted by atomic mass is 9.48. The Bertz CT molecular complexity index is 785. The molecule has 8 rings (SSSR count). The molecule has 8 bridgehead atoms. The summed E-state index contributed by atoms with van der Waals surface area (Å²) in [5.74, 6) is 3.20. The number of Topliss-reactive ketones (excluding diaryl/α,β-unsaturated/α-hetero) is 1. The highest BCUT2D eigenvalue weighted by molar-refractivity contribution is 5.86. The first-order valence-corrected chi connectivity index (χ1v) is 13.7. The predicted molar refractivity (Wildman–Crippen MR) is 121 cm³/mol. The third-order valence-electron chi connectivity index (χ3n) is 10.4. The molecule has 8 aliphatic carbocycles. The Labute approximate surface area is 205 Å². The molecule has 1 atom stereocenters. The molecule has 8 saturated carbocycles. The van der Waals surface area contributed by atoms with Gasteiger partial charge in [-0.3, -0.25) is 9.59 Å². The van der Waals surface area contributed by atoms with Crippen LogP contribution in [0.3, 0.4) is 0 Å². The first-order valence-electron chi connectivity index (χ1n) is 13.7. The zero-order chi connectivity index (χ0) is 24.4. The number of hydrogen-bond acceptors (Lipinski definition) is 5. The molecule has 196 valence electrons. The van der Waals surface area contributed by atoms with Crippen molar-refractivity contribution in [3.05, 3.63) is 0 Å². The van der Waals surface area contributed by atoms with E-state index in [0.29, 0.717) is 35.5 Å². The molecule has 8 aliphatic rings. The van der Waals surface area contributed by atoms with Gasteiger partial charge in [0.2, 0.25) is 6.29 Å². The van der Waals surface area contributed by atoms with E-state index in [0.717, 1.165) is 38.5 Å². The lowest BCUT2D eigenvalue weighted by molar-refractivity contribution is -0.204. The first-order chi connectivity index (χ1) is 16.6. The molecular weight excluding hydrogens is 459 g/mol. The third-order valence-corrected chi connectivity index (χ3v) is 10.4. The Morgan fingerprint density at radius 2 is 1.20 bits per heavy atom. The van der Waals surface area contributed by atoms with E-state index >= 15 is 0 Å². The monoisotopic (exact) mass is 497 g/mol. The van der Waals surface area contributed by atoms with Crippen LogP contribution in [0.15, 0.2) is 0 Å². The first kappa shape index (κ1) is 24.2. The molecule has 8 fully saturated rings. The van der Waals surface area contributed by atoms with Gasteiger partial charge in [0.25, 0.3) is 0 Å². The largest absolute Gasteiger partial charge is 0.434 e. The van der Waals surface area contributed by atoms with Crippen LogP contribution < -0.4 is 5.32 Å². The molecule has 0 saturated heterocycles. The lowest BCUT2D eigenvalue weighted by Crippen LogP contribution is -2.53. The van der Waals surface area contributed by atoms with E-state index in [9.17, 15) is 22.8 Å². The average Bonchev–Trinajstić information content (AvgIpc) is 2.74. The van der Waals surface area contributed by atoms with Gasteiger partial charge in [0, 0.05) is 5.41 Å². The maximum Gasteiger partial charge on any atom is 0.401 e. The normalized spacial score (nSPS) is 44.0. The van der Waals surface area contributed by atoms with E-state index in [4.69, 9.17) is 9.47 Å². The van der Waals surface area contributed by atoms with Crippen LogP contribution in [0.5, 0.6) is 0 Å². The van der Waals surface area contributed by atoms with Gasteiger partial charge >= 0.3 is 12.1 Å². The van der Waals surface area contributed by atoms with Gasteiger partial charge in [-0.1, -0.05) is 0 Å². The molecule has 0 aliphatic heterocycles. The minimum absolute atomic E-state index is 0.0447. The number of ether oxygens (including phenoxy) is 2. The van der Waals surface area contributed by atoms with Gasteiger partial charge in [-0.2, -0.15) is 13.2 Å². The quantitative estimate of drug-likeness (QED) is 0.358. The number of ketones is 1. The highest BCUT2D eigenvalue weighted by Gasteiger charge is 2.56.